The molecule has 2 rings (SSSR count). The van der Waals surface area contributed by atoms with Crippen molar-refractivity contribution in [3.8, 4) is 0 Å². The normalized spacial score (nSPS) is 14.3. The van der Waals surface area contributed by atoms with Gasteiger partial charge in [-0.2, -0.15) is 0 Å². The zero-order valence-electron chi connectivity index (χ0n) is 13.6. The maximum atomic E-state index is 12.1. The quantitative estimate of drug-likeness (QED) is 0.534. The first kappa shape index (κ1) is 18.2. The highest BCUT2D eigenvalue weighted by Gasteiger charge is 2.30. The van der Waals surface area contributed by atoms with Crippen LogP contribution in [0.5, 0.6) is 0 Å². The van der Waals surface area contributed by atoms with Gasteiger partial charge < -0.3 is 9.47 Å². The lowest BCUT2D eigenvalue weighted by Gasteiger charge is -2.26. The van der Waals surface area contributed by atoms with Crippen LogP contribution in [-0.2, 0) is 9.47 Å². The first-order valence-electron chi connectivity index (χ1n) is 7.61. The number of hydrogen-bond donors (Lipinski definition) is 0. The Morgan fingerprint density at radius 2 is 1.42 bits per heavy atom. The maximum absolute atomic E-state index is 12.1. The molecule has 0 aromatic heterocycles. The Hall–Kier alpha value is -2.14. The Morgan fingerprint density at radius 1 is 0.958 bits per heavy atom. The van der Waals surface area contributed by atoms with E-state index in [0.29, 0.717) is 17.5 Å². The molecule has 0 amide bonds. The summed E-state index contributed by atoms with van der Waals surface area (Å²) < 4.78 is 9.93. The van der Waals surface area contributed by atoms with Crippen LogP contribution in [0.3, 0.4) is 0 Å². The van der Waals surface area contributed by atoms with Crippen LogP contribution in [0.2, 0.25) is 0 Å². The van der Waals surface area contributed by atoms with Crippen LogP contribution in [-0.4, -0.2) is 22.6 Å². The van der Waals surface area contributed by atoms with E-state index in [1.165, 1.54) is 0 Å². The Bertz CT molecular complexity index is 683. The minimum Gasteiger partial charge on any atom is -0.459 e. The second kappa shape index (κ2) is 8.11. The molecule has 2 aromatic carbocycles. The fourth-order valence-corrected chi connectivity index (χ4v) is 2.85. The van der Waals surface area contributed by atoms with Gasteiger partial charge in [0.2, 0.25) is 0 Å². The molecular weight excluding hydrogens is 372 g/mol. The average Bonchev–Trinajstić information content (AvgIpc) is 2.55. The van der Waals surface area contributed by atoms with Crippen LogP contribution >= 0.6 is 15.9 Å². The molecule has 0 N–H and O–H groups in total. The summed E-state index contributed by atoms with van der Waals surface area (Å²) in [5.41, 5.74) is 0.957. The van der Waals surface area contributed by atoms with E-state index >= 15 is 0 Å². The number of hydrogen-bond acceptors (Lipinski definition) is 4. The Kier molecular flexibility index (Phi) is 6.15. The summed E-state index contributed by atoms with van der Waals surface area (Å²) in [6, 6.07) is 17.5. The Balaban J connectivity index is 1.91. The van der Waals surface area contributed by atoms with E-state index in [1.54, 1.807) is 62.4 Å². The van der Waals surface area contributed by atoms with Gasteiger partial charge in [-0.05, 0) is 54.0 Å². The number of alkyl halides is 1. The molecule has 2 aromatic rings. The summed E-state index contributed by atoms with van der Waals surface area (Å²) in [5.74, 6) is -0.836. The molecule has 126 valence electrons. The molecule has 0 bridgehead atoms. The van der Waals surface area contributed by atoms with E-state index in [2.05, 4.69) is 15.9 Å². The van der Waals surface area contributed by atoms with Gasteiger partial charge in [0.25, 0.3) is 0 Å². The predicted molar refractivity (Wildman–Crippen MR) is 95.1 cm³/mol. The third-order valence-electron chi connectivity index (χ3n) is 3.28. The van der Waals surface area contributed by atoms with Gasteiger partial charge in [-0.25, -0.2) is 9.59 Å². The number of ether oxygens (including phenoxy) is 2. The van der Waals surface area contributed by atoms with Crippen LogP contribution in [0, 0.1) is 0 Å². The molecule has 2 unspecified atom stereocenters. The summed E-state index contributed by atoms with van der Waals surface area (Å²) in [6.07, 6.45) is -0.102. The molecule has 5 heteroatoms. The zero-order chi connectivity index (χ0) is 17.6. The predicted octanol–water partition coefficient (Wildman–Crippen LogP) is 4.59. The minimum absolute atomic E-state index is 0.324. The summed E-state index contributed by atoms with van der Waals surface area (Å²) >= 11 is 3.39. The molecule has 4 nitrogen and oxygen atoms in total. The van der Waals surface area contributed by atoms with Gasteiger partial charge >= 0.3 is 11.9 Å². The average molecular weight is 391 g/mol. The topological polar surface area (TPSA) is 52.6 Å². The largest absolute Gasteiger partial charge is 0.459 e. The number of carbonyl (C=O) groups excluding carboxylic acids is 2. The van der Waals surface area contributed by atoms with Crippen molar-refractivity contribution in [2.45, 2.75) is 30.9 Å². The SMILES string of the molecule is CC(CC(C)(Br)OC(=O)c1ccccc1)OC(=O)c1ccccc1. The van der Waals surface area contributed by atoms with E-state index in [1.807, 2.05) is 12.1 Å². The van der Waals surface area contributed by atoms with E-state index in [0.717, 1.165) is 0 Å². The van der Waals surface area contributed by atoms with Gasteiger partial charge in [0.15, 0.2) is 4.51 Å². The molecule has 0 aliphatic heterocycles. The number of carbonyl (C=O) groups is 2. The smallest absolute Gasteiger partial charge is 0.339 e. The third-order valence-corrected chi connectivity index (χ3v) is 3.77. The molecule has 0 heterocycles. The summed E-state index contributed by atoms with van der Waals surface area (Å²) in [7, 11) is 0. The van der Waals surface area contributed by atoms with E-state index in [-0.39, 0.29) is 0 Å². The molecule has 2 atom stereocenters. The standard InChI is InChI=1S/C19H19BrO4/c1-14(23-17(21)15-9-5-3-6-10-15)13-19(2,20)24-18(22)16-11-7-4-8-12-16/h3-12,14H,13H2,1-2H3. The van der Waals surface area contributed by atoms with Crippen molar-refractivity contribution in [3.63, 3.8) is 0 Å². The van der Waals surface area contributed by atoms with Crippen molar-refractivity contribution in [2.75, 3.05) is 0 Å². The van der Waals surface area contributed by atoms with Crippen molar-refractivity contribution in [1.29, 1.82) is 0 Å². The highest BCUT2D eigenvalue weighted by molar-refractivity contribution is 9.10. The monoisotopic (exact) mass is 390 g/mol. The second-order valence-electron chi connectivity index (χ2n) is 5.64. The second-order valence-corrected chi connectivity index (χ2v) is 7.32. The summed E-state index contributed by atoms with van der Waals surface area (Å²) in [4.78, 5) is 24.2. The number of esters is 2. The molecule has 0 saturated heterocycles. The van der Waals surface area contributed by atoms with Gasteiger partial charge in [0, 0.05) is 6.42 Å². The van der Waals surface area contributed by atoms with Crippen molar-refractivity contribution >= 4 is 27.9 Å². The summed E-state index contributed by atoms with van der Waals surface area (Å²) in [6.45, 7) is 3.48. The van der Waals surface area contributed by atoms with Crippen LogP contribution < -0.4 is 0 Å². The fourth-order valence-electron chi connectivity index (χ4n) is 2.25. The molecule has 0 spiro atoms. The fraction of sp³-hybridized carbons (Fsp3) is 0.263. The number of rotatable bonds is 6. The molecule has 0 radical (unpaired) electrons. The van der Waals surface area contributed by atoms with Crippen molar-refractivity contribution in [3.05, 3.63) is 71.8 Å². The molecule has 0 aliphatic rings. The van der Waals surface area contributed by atoms with E-state index in [9.17, 15) is 9.59 Å². The van der Waals surface area contributed by atoms with Crippen LogP contribution in [0.25, 0.3) is 0 Å². The minimum atomic E-state index is -0.934. The zero-order valence-corrected chi connectivity index (χ0v) is 15.2. The molecule has 24 heavy (non-hydrogen) atoms. The lowest BCUT2D eigenvalue weighted by Crippen LogP contribution is -2.31. The Morgan fingerprint density at radius 3 is 1.92 bits per heavy atom. The van der Waals surface area contributed by atoms with Crippen molar-refractivity contribution < 1.29 is 19.1 Å². The van der Waals surface area contributed by atoms with Crippen molar-refractivity contribution in [2.24, 2.45) is 0 Å². The van der Waals surface area contributed by atoms with E-state index in [4.69, 9.17) is 9.47 Å². The van der Waals surface area contributed by atoms with Crippen LogP contribution in [0.15, 0.2) is 60.7 Å². The van der Waals surface area contributed by atoms with Gasteiger partial charge in [0.05, 0.1) is 11.1 Å². The lowest BCUT2D eigenvalue weighted by atomic mass is 10.1. The first-order chi connectivity index (χ1) is 11.4. The highest BCUT2D eigenvalue weighted by Crippen LogP contribution is 2.28. The van der Waals surface area contributed by atoms with Crippen LogP contribution in [0.1, 0.15) is 41.0 Å². The number of halogens is 1. The first-order valence-corrected chi connectivity index (χ1v) is 8.40. The number of benzene rings is 2. The molecular formula is C19H19BrO4. The van der Waals surface area contributed by atoms with Crippen LogP contribution in [0.4, 0.5) is 0 Å². The van der Waals surface area contributed by atoms with Gasteiger partial charge in [-0.15, -0.1) is 0 Å². The van der Waals surface area contributed by atoms with Gasteiger partial charge in [-0.3, -0.25) is 0 Å². The third kappa shape index (κ3) is 5.49. The lowest BCUT2D eigenvalue weighted by molar-refractivity contribution is 0.000423. The van der Waals surface area contributed by atoms with Gasteiger partial charge in [-0.1, -0.05) is 36.4 Å². The summed E-state index contributed by atoms with van der Waals surface area (Å²) in [5, 5.41) is 0. The van der Waals surface area contributed by atoms with Crippen molar-refractivity contribution in [1.82, 2.24) is 0 Å². The molecule has 0 fully saturated rings. The molecule has 0 aliphatic carbocycles. The molecule has 0 saturated carbocycles. The Labute approximate surface area is 149 Å². The maximum Gasteiger partial charge on any atom is 0.339 e. The van der Waals surface area contributed by atoms with Gasteiger partial charge in [0.1, 0.15) is 6.10 Å². The van der Waals surface area contributed by atoms with E-state index < -0.39 is 22.6 Å². The highest BCUT2D eigenvalue weighted by atomic mass is 79.9.